The maximum atomic E-state index is 5.87. The summed E-state index contributed by atoms with van der Waals surface area (Å²) >= 11 is 0. The standard InChI is InChI=1S/C13H21N3/c1-2-10-5-7-11(8-6-10)16-13-12(14)4-3-9-15-13/h3-4,9-11H,2,5-8,14H2,1H3,(H,15,16). The average molecular weight is 219 g/mol. The van der Waals surface area contributed by atoms with Crippen LogP contribution in [0.4, 0.5) is 11.5 Å². The van der Waals surface area contributed by atoms with E-state index in [-0.39, 0.29) is 0 Å². The monoisotopic (exact) mass is 219 g/mol. The van der Waals surface area contributed by atoms with Gasteiger partial charge in [-0.3, -0.25) is 0 Å². The van der Waals surface area contributed by atoms with E-state index >= 15 is 0 Å². The fourth-order valence-corrected chi connectivity index (χ4v) is 2.45. The molecule has 88 valence electrons. The van der Waals surface area contributed by atoms with Gasteiger partial charge < -0.3 is 11.1 Å². The first-order valence-electron chi connectivity index (χ1n) is 6.26. The molecule has 1 aromatic rings. The highest BCUT2D eigenvalue weighted by atomic mass is 15.0. The van der Waals surface area contributed by atoms with Crippen molar-refractivity contribution in [2.24, 2.45) is 5.92 Å². The lowest BCUT2D eigenvalue weighted by atomic mass is 9.84. The lowest BCUT2D eigenvalue weighted by molar-refractivity contribution is 0.330. The third-order valence-corrected chi connectivity index (χ3v) is 3.60. The van der Waals surface area contributed by atoms with Gasteiger partial charge in [0.25, 0.3) is 0 Å². The Morgan fingerprint density at radius 3 is 2.75 bits per heavy atom. The molecule has 1 aliphatic rings. The summed E-state index contributed by atoms with van der Waals surface area (Å²) in [5, 5.41) is 3.46. The second kappa shape index (κ2) is 5.19. The molecular formula is C13H21N3. The molecule has 16 heavy (non-hydrogen) atoms. The van der Waals surface area contributed by atoms with Crippen molar-refractivity contribution in [3.05, 3.63) is 18.3 Å². The second-order valence-corrected chi connectivity index (χ2v) is 4.71. The molecule has 0 aromatic carbocycles. The van der Waals surface area contributed by atoms with Gasteiger partial charge in [-0.05, 0) is 43.7 Å². The predicted octanol–water partition coefficient (Wildman–Crippen LogP) is 3.04. The molecule has 3 N–H and O–H groups in total. The van der Waals surface area contributed by atoms with E-state index in [0.717, 1.165) is 17.4 Å². The number of hydrogen-bond acceptors (Lipinski definition) is 3. The SMILES string of the molecule is CCC1CCC(Nc2ncccc2N)CC1. The number of nitrogens with one attached hydrogen (secondary N) is 1. The summed E-state index contributed by atoms with van der Waals surface area (Å²) in [6.07, 6.45) is 8.26. The summed E-state index contributed by atoms with van der Waals surface area (Å²) in [6, 6.07) is 4.32. The maximum absolute atomic E-state index is 5.87. The molecule has 0 bridgehead atoms. The lowest BCUT2D eigenvalue weighted by Gasteiger charge is -2.29. The molecule has 1 heterocycles. The predicted molar refractivity (Wildman–Crippen MR) is 68.3 cm³/mol. The van der Waals surface area contributed by atoms with Crippen molar-refractivity contribution >= 4 is 11.5 Å². The van der Waals surface area contributed by atoms with E-state index in [4.69, 9.17) is 5.73 Å². The van der Waals surface area contributed by atoms with Crippen molar-refractivity contribution in [3.8, 4) is 0 Å². The summed E-state index contributed by atoms with van der Waals surface area (Å²) in [7, 11) is 0. The molecule has 0 amide bonds. The Morgan fingerprint density at radius 1 is 1.38 bits per heavy atom. The van der Waals surface area contributed by atoms with E-state index in [1.165, 1.54) is 32.1 Å². The fraction of sp³-hybridized carbons (Fsp3) is 0.615. The molecule has 0 radical (unpaired) electrons. The highest BCUT2D eigenvalue weighted by molar-refractivity contribution is 5.60. The van der Waals surface area contributed by atoms with Crippen molar-refractivity contribution < 1.29 is 0 Å². The van der Waals surface area contributed by atoms with Gasteiger partial charge in [0.15, 0.2) is 0 Å². The van der Waals surface area contributed by atoms with Crippen LogP contribution in [0.5, 0.6) is 0 Å². The number of nitrogen functional groups attached to an aromatic ring is 1. The van der Waals surface area contributed by atoms with Gasteiger partial charge in [-0.25, -0.2) is 4.98 Å². The molecule has 0 saturated heterocycles. The van der Waals surface area contributed by atoms with E-state index in [1.54, 1.807) is 6.20 Å². The second-order valence-electron chi connectivity index (χ2n) is 4.71. The summed E-state index contributed by atoms with van der Waals surface area (Å²) in [6.45, 7) is 2.29. The van der Waals surface area contributed by atoms with Gasteiger partial charge >= 0.3 is 0 Å². The highest BCUT2D eigenvalue weighted by Gasteiger charge is 2.20. The van der Waals surface area contributed by atoms with Gasteiger partial charge in [-0.1, -0.05) is 13.3 Å². The van der Waals surface area contributed by atoms with Gasteiger partial charge in [0.05, 0.1) is 5.69 Å². The van der Waals surface area contributed by atoms with Gasteiger partial charge in [0, 0.05) is 12.2 Å². The smallest absolute Gasteiger partial charge is 0.149 e. The van der Waals surface area contributed by atoms with E-state index in [9.17, 15) is 0 Å². The van der Waals surface area contributed by atoms with E-state index in [0.29, 0.717) is 6.04 Å². The minimum atomic E-state index is 0.556. The van der Waals surface area contributed by atoms with Crippen molar-refractivity contribution in [3.63, 3.8) is 0 Å². The number of hydrogen-bond donors (Lipinski definition) is 2. The third kappa shape index (κ3) is 2.65. The molecule has 0 spiro atoms. The normalized spacial score (nSPS) is 25.3. The number of rotatable bonds is 3. The largest absolute Gasteiger partial charge is 0.396 e. The van der Waals surface area contributed by atoms with Crippen LogP contribution in [0.15, 0.2) is 18.3 Å². The van der Waals surface area contributed by atoms with Crippen LogP contribution in [-0.4, -0.2) is 11.0 Å². The molecule has 0 unspecified atom stereocenters. The molecule has 0 aliphatic heterocycles. The third-order valence-electron chi connectivity index (χ3n) is 3.60. The van der Waals surface area contributed by atoms with E-state index in [1.807, 2.05) is 12.1 Å². The molecule has 3 heteroatoms. The average Bonchev–Trinajstić information content (AvgIpc) is 2.33. The highest BCUT2D eigenvalue weighted by Crippen LogP contribution is 2.28. The summed E-state index contributed by atoms with van der Waals surface area (Å²) in [4.78, 5) is 4.28. The number of nitrogens with zero attached hydrogens (tertiary/aromatic N) is 1. The molecule has 1 saturated carbocycles. The zero-order valence-electron chi connectivity index (χ0n) is 9.95. The number of nitrogens with two attached hydrogens (primary N) is 1. The molecular weight excluding hydrogens is 198 g/mol. The van der Waals surface area contributed by atoms with Crippen LogP contribution in [-0.2, 0) is 0 Å². The Hall–Kier alpha value is -1.25. The quantitative estimate of drug-likeness (QED) is 0.821. The fourth-order valence-electron chi connectivity index (χ4n) is 2.45. The molecule has 1 aromatic heterocycles. The zero-order chi connectivity index (χ0) is 11.4. The van der Waals surface area contributed by atoms with Crippen molar-refractivity contribution in [2.75, 3.05) is 11.1 Å². The Morgan fingerprint density at radius 2 is 2.12 bits per heavy atom. The maximum Gasteiger partial charge on any atom is 0.149 e. The Balaban J connectivity index is 1.89. The molecule has 2 rings (SSSR count). The van der Waals surface area contributed by atoms with Crippen molar-refractivity contribution in [1.82, 2.24) is 4.98 Å². The summed E-state index contributed by atoms with van der Waals surface area (Å²) in [5.74, 6) is 1.78. The molecule has 3 nitrogen and oxygen atoms in total. The molecule has 1 fully saturated rings. The Labute approximate surface area is 97.5 Å². The lowest BCUT2D eigenvalue weighted by Crippen LogP contribution is -2.26. The van der Waals surface area contributed by atoms with Crippen LogP contribution in [0.3, 0.4) is 0 Å². The first-order valence-corrected chi connectivity index (χ1v) is 6.26. The van der Waals surface area contributed by atoms with Gasteiger partial charge in [-0.15, -0.1) is 0 Å². The number of aromatic nitrogens is 1. The van der Waals surface area contributed by atoms with Crippen LogP contribution >= 0.6 is 0 Å². The van der Waals surface area contributed by atoms with Gasteiger partial charge in [-0.2, -0.15) is 0 Å². The van der Waals surface area contributed by atoms with Crippen molar-refractivity contribution in [1.29, 1.82) is 0 Å². The summed E-state index contributed by atoms with van der Waals surface area (Å²) < 4.78 is 0. The molecule has 0 atom stereocenters. The van der Waals surface area contributed by atoms with Crippen molar-refractivity contribution in [2.45, 2.75) is 45.1 Å². The first-order chi connectivity index (χ1) is 7.79. The minimum absolute atomic E-state index is 0.556. The molecule has 1 aliphatic carbocycles. The number of anilines is 2. The minimum Gasteiger partial charge on any atom is -0.396 e. The Kier molecular flexibility index (Phi) is 3.65. The van der Waals surface area contributed by atoms with Crippen LogP contribution in [0.25, 0.3) is 0 Å². The van der Waals surface area contributed by atoms with Crippen LogP contribution in [0.2, 0.25) is 0 Å². The van der Waals surface area contributed by atoms with E-state index < -0.39 is 0 Å². The zero-order valence-corrected chi connectivity index (χ0v) is 9.95. The van der Waals surface area contributed by atoms with Crippen LogP contribution in [0, 0.1) is 5.92 Å². The number of pyridine rings is 1. The van der Waals surface area contributed by atoms with Gasteiger partial charge in [0.2, 0.25) is 0 Å². The topological polar surface area (TPSA) is 50.9 Å². The Bertz CT molecular complexity index is 330. The van der Waals surface area contributed by atoms with Crippen LogP contribution < -0.4 is 11.1 Å². The first kappa shape index (κ1) is 11.2. The van der Waals surface area contributed by atoms with Gasteiger partial charge in [0.1, 0.15) is 5.82 Å². The van der Waals surface area contributed by atoms with E-state index in [2.05, 4.69) is 17.2 Å². The van der Waals surface area contributed by atoms with Crippen LogP contribution in [0.1, 0.15) is 39.0 Å². The summed E-state index contributed by atoms with van der Waals surface area (Å²) in [5.41, 5.74) is 6.62.